The number of nitrogens with zero attached hydrogens (tertiary/aromatic N) is 3. The van der Waals surface area contributed by atoms with Gasteiger partial charge in [0.25, 0.3) is 5.91 Å². The maximum absolute atomic E-state index is 12.6. The van der Waals surface area contributed by atoms with Gasteiger partial charge in [0, 0.05) is 17.3 Å². The van der Waals surface area contributed by atoms with Gasteiger partial charge in [-0.05, 0) is 44.2 Å². The van der Waals surface area contributed by atoms with Gasteiger partial charge in [-0.1, -0.05) is 17.7 Å². The summed E-state index contributed by atoms with van der Waals surface area (Å²) in [5.74, 6) is -0.224. The summed E-state index contributed by atoms with van der Waals surface area (Å²) in [5.41, 5.74) is 0.756. The van der Waals surface area contributed by atoms with Gasteiger partial charge in [0.15, 0.2) is 5.69 Å². The third-order valence-corrected chi connectivity index (χ3v) is 3.80. The highest BCUT2D eigenvalue weighted by Crippen LogP contribution is 2.17. The largest absolute Gasteiger partial charge is 0.305 e. The molecule has 3 aromatic rings. The average molecular weight is 343 g/mol. The Kier molecular flexibility index (Phi) is 4.31. The first-order valence-electron chi connectivity index (χ1n) is 7.45. The van der Waals surface area contributed by atoms with Gasteiger partial charge in [-0.2, -0.15) is 5.10 Å². The van der Waals surface area contributed by atoms with Crippen molar-refractivity contribution in [1.82, 2.24) is 14.8 Å². The second kappa shape index (κ2) is 6.41. The average Bonchev–Trinajstić information content (AvgIpc) is 2.55. The topological polar surface area (TPSA) is 76.9 Å². The molecule has 0 saturated carbocycles. The van der Waals surface area contributed by atoms with Crippen LogP contribution in [0.25, 0.3) is 10.9 Å². The summed E-state index contributed by atoms with van der Waals surface area (Å²) >= 11 is 5.99. The Balaban J connectivity index is 2.10. The number of rotatable bonds is 3. The van der Waals surface area contributed by atoms with Gasteiger partial charge in [-0.15, -0.1) is 0 Å². The van der Waals surface area contributed by atoms with E-state index in [1.807, 2.05) is 19.9 Å². The summed E-state index contributed by atoms with van der Waals surface area (Å²) in [7, 11) is 0. The number of nitrogens with one attached hydrogen (secondary N) is 1. The third-order valence-electron chi connectivity index (χ3n) is 3.56. The minimum atomic E-state index is -0.595. The number of pyridine rings is 1. The molecule has 6 nitrogen and oxygen atoms in total. The lowest BCUT2D eigenvalue weighted by Gasteiger charge is -2.10. The van der Waals surface area contributed by atoms with E-state index in [9.17, 15) is 9.59 Å². The molecule has 122 valence electrons. The van der Waals surface area contributed by atoms with Crippen LogP contribution in [0.4, 0.5) is 5.82 Å². The SMILES string of the molecule is CCn1nc(C(=O)Nc2cccc(C)n2)c(=O)c2cc(Cl)ccc21. The monoisotopic (exact) mass is 342 g/mol. The highest BCUT2D eigenvalue weighted by molar-refractivity contribution is 6.31. The molecule has 0 aliphatic carbocycles. The van der Waals surface area contributed by atoms with Gasteiger partial charge < -0.3 is 5.32 Å². The van der Waals surface area contributed by atoms with Crippen molar-refractivity contribution in [2.24, 2.45) is 0 Å². The molecule has 0 saturated heterocycles. The van der Waals surface area contributed by atoms with E-state index in [0.717, 1.165) is 5.69 Å². The van der Waals surface area contributed by atoms with Crippen molar-refractivity contribution in [1.29, 1.82) is 0 Å². The lowest BCUT2D eigenvalue weighted by molar-refractivity contribution is 0.101. The van der Waals surface area contributed by atoms with Crippen molar-refractivity contribution in [2.45, 2.75) is 20.4 Å². The number of carbonyl (C=O) groups excluding carboxylic acids is 1. The summed E-state index contributed by atoms with van der Waals surface area (Å²) in [5, 5.41) is 7.59. The van der Waals surface area contributed by atoms with E-state index in [2.05, 4.69) is 15.4 Å². The standard InChI is InChI=1S/C17H15ClN4O2/c1-3-22-13-8-7-11(18)9-12(13)16(23)15(21-22)17(24)20-14-6-4-5-10(2)19-14/h4-9H,3H2,1-2H3,(H,19,20,24). The van der Waals surface area contributed by atoms with Gasteiger partial charge in [0.1, 0.15) is 5.82 Å². The molecule has 0 atom stereocenters. The van der Waals surface area contributed by atoms with Crippen LogP contribution in [-0.2, 0) is 6.54 Å². The fraction of sp³-hybridized carbons (Fsp3) is 0.176. The van der Waals surface area contributed by atoms with Gasteiger partial charge in [-0.25, -0.2) is 4.98 Å². The molecule has 1 aromatic carbocycles. The Bertz CT molecular complexity index is 998. The number of anilines is 1. The Morgan fingerprint density at radius 1 is 1.29 bits per heavy atom. The highest BCUT2D eigenvalue weighted by Gasteiger charge is 2.18. The van der Waals surface area contributed by atoms with Crippen LogP contribution >= 0.6 is 11.6 Å². The first kappa shape index (κ1) is 16.1. The second-order valence-electron chi connectivity index (χ2n) is 5.27. The number of halogens is 1. The molecule has 1 amide bonds. The zero-order valence-electron chi connectivity index (χ0n) is 13.2. The Hall–Kier alpha value is -2.73. The molecule has 1 N–H and O–H groups in total. The predicted octanol–water partition coefficient (Wildman–Crippen LogP) is 3.03. The summed E-state index contributed by atoms with van der Waals surface area (Å²) < 4.78 is 1.60. The molecule has 0 spiro atoms. The summed E-state index contributed by atoms with van der Waals surface area (Å²) in [6.45, 7) is 4.21. The highest BCUT2D eigenvalue weighted by atomic mass is 35.5. The number of hydrogen-bond acceptors (Lipinski definition) is 4. The molecule has 24 heavy (non-hydrogen) atoms. The van der Waals surface area contributed by atoms with Crippen LogP contribution in [0.1, 0.15) is 23.1 Å². The lowest BCUT2D eigenvalue weighted by Crippen LogP contribution is -2.27. The van der Waals surface area contributed by atoms with E-state index in [1.165, 1.54) is 0 Å². The second-order valence-corrected chi connectivity index (χ2v) is 5.71. The first-order valence-corrected chi connectivity index (χ1v) is 7.83. The number of benzene rings is 1. The first-order chi connectivity index (χ1) is 11.5. The van der Waals surface area contributed by atoms with E-state index >= 15 is 0 Å². The Labute approximate surface area is 143 Å². The summed E-state index contributed by atoms with van der Waals surface area (Å²) in [6, 6.07) is 10.2. The van der Waals surface area contributed by atoms with Crippen molar-refractivity contribution >= 4 is 34.2 Å². The molecule has 0 fully saturated rings. The third kappa shape index (κ3) is 3.00. The van der Waals surface area contributed by atoms with Crippen molar-refractivity contribution in [3.05, 3.63) is 63.0 Å². The van der Waals surface area contributed by atoms with Crippen molar-refractivity contribution in [2.75, 3.05) is 5.32 Å². The molecule has 0 radical (unpaired) electrons. The van der Waals surface area contributed by atoms with Gasteiger partial charge >= 0.3 is 0 Å². The lowest BCUT2D eigenvalue weighted by atomic mass is 10.2. The van der Waals surface area contributed by atoms with Crippen molar-refractivity contribution in [3.63, 3.8) is 0 Å². The fourth-order valence-corrected chi connectivity index (χ4v) is 2.61. The number of hydrogen-bond donors (Lipinski definition) is 1. The molecule has 7 heteroatoms. The van der Waals surface area contributed by atoms with Crippen molar-refractivity contribution in [3.8, 4) is 0 Å². The van der Waals surface area contributed by atoms with Crippen LogP contribution in [0.2, 0.25) is 5.02 Å². The number of amides is 1. The maximum atomic E-state index is 12.6. The van der Waals surface area contributed by atoms with Crippen LogP contribution in [0.5, 0.6) is 0 Å². The number of aromatic nitrogens is 3. The molecular formula is C17H15ClN4O2. The Morgan fingerprint density at radius 3 is 2.79 bits per heavy atom. The minimum Gasteiger partial charge on any atom is -0.305 e. The number of aryl methyl sites for hydroxylation is 2. The normalized spacial score (nSPS) is 10.8. The Morgan fingerprint density at radius 2 is 2.08 bits per heavy atom. The fourth-order valence-electron chi connectivity index (χ4n) is 2.44. The number of carbonyl (C=O) groups is 1. The quantitative estimate of drug-likeness (QED) is 0.793. The molecule has 2 aromatic heterocycles. The van der Waals surface area contributed by atoms with E-state index < -0.39 is 11.3 Å². The van der Waals surface area contributed by atoms with Crippen LogP contribution < -0.4 is 10.7 Å². The summed E-state index contributed by atoms with van der Waals surface area (Å²) in [4.78, 5) is 29.3. The molecule has 0 bridgehead atoms. The molecule has 0 aliphatic heterocycles. The predicted molar refractivity (Wildman–Crippen MR) is 93.6 cm³/mol. The molecule has 0 unspecified atom stereocenters. The van der Waals surface area contributed by atoms with E-state index in [1.54, 1.807) is 35.0 Å². The molecular weight excluding hydrogens is 328 g/mol. The van der Waals surface area contributed by atoms with Crippen LogP contribution in [0, 0.1) is 6.92 Å². The van der Waals surface area contributed by atoms with Crippen LogP contribution in [-0.4, -0.2) is 20.7 Å². The maximum Gasteiger partial charge on any atom is 0.281 e. The molecule has 2 heterocycles. The van der Waals surface area contributed by atoms with Crippen LogP contribution in [0.15, 0.2) is 41.2 Å². The van der Waals surface area contributed by atoms with Gasteiger partial charge in [0.2, 0.25) is 5.43 Å². The minimum absolute atomic E-state index is 0.185. The van der Waals surface area contributed by atoms with Crippen LogP contribution in [0.3, 0.4) is 0 Å². The van der Waals surface area contributed by atoms with E-state index in [4.69, 9.17) is 11.6 Å². The molecule has 0 aliphatic rings. The van der Waals surface area contributed by atoms with E-state index in [0.29, 0.717) is 28.3 Å². The van der Waals surface area contributed by atoms with Crippen molar-refractivity contribution < 1.29 is 4.79 Å². The molecule has 3 rings (SSSR count). The van der Waals surface area contributed by atoms with Gasteiger partial charge in [0.05, 0.1) is 10.9 Å². The number of fused-ring (bicyclic) bond motifs is 1. The smallest absolute Gasteiger partial charge is 0.281 e. The van der Waals surface area contributed by atoms with Gasteiger partial charge in [-0.3, -0.25) is 14.3 Å². The zero-order chi connectivity index (χ0) is 17.3. The summed E-state index contributed by atoms with van der Waals surface area (Å²) in [6.07, 6.45) is 0. The van der Waals surface area contributed by atoms with E-state index in [-0.39, 0.29) is 5.69 Å². The zero-order valence-corrected chi connectivity index (χ0v) is 14.0.